The maximum Gasteiger partial charge on any atom is 0.0334 e. The van der Waals surface area contributed by atoms with Crippen LogP contribution in [0, 0.1) is 0 Å². The highest BCUT2D eigenvalue weighted by atomic mass is 15.7. The molecule has 0 bridgehead atoms. The first-order valence-corrected chi connectivity index (χ1v) is 4.58. The van der Waals surface area contributed by atoms with E-state index in [1.807, 2.05) is 5.12 Å². The Morgan fingerprint density at radius 3 is 2.64 bits per heavy atom. The molecule has 1 N–H and O–H groups in total. The van der Waals surface area contributed by atoms with Crippen molar-refractivity contribution in [1.29, 1.82) is 0 Å². The van der Waals surface area contributed by atoms with Gasteiger partial charge in [0.25, 0.3) is 0 Å². The molecule has 0 amide bonds. The summed E-state index contributed by atoms with van der Waals surface area (Å²) in [4.78, 5) is 0. The summed E-state index contributed by atoms with van der Waals surface area (Å²) in [6.45, 7) is 6.48. The second-order valence-electron chi connectivity index (χ2n) is 2.98. The van der Waals surface area contributed by atoms with Gasteiger partial charge in [0.15, 0.2) is 0 Å². The summed E-state index contributed by atoms with van der Waals surface area (Å²) in [5, 5.41) is 2.00. The molecule has 0 aromatic carbocycles. The summed E-state index contributed by atoms with van der Waals surface area (Å²) < 4.78 is 0. The first-order chi connectivity index (χ1) is 5.36. The Kier molecular flexibility index (Phi) is 3.83. The molecule has 0 atom stereocenters. The Morgan fingerprint density at radius 1 is 1.45 bits per heavy atom. The van der Waals surface area contributed by atoms with E-state index in [9.17, 15) is 0 Å². The Labute approximate surface area is 69.1 Å². The highest BCUT2D eigenvalue weighted by molar-refractivity contribution is 4.63. The molecule has 1 aliphatic heterocycles. The van der Waals surface area contributed by atoms with E-state index in [4.69, 9.17) is 0 Å². The molecule has 0 aliphatic carbocycles. The summed E-state index contributed by atoms with van der Waals surface area (Å²) in [7, 11) is 0. The predicted molar refractivity (Wildman–Crippen MR) is 45.8 cm³/mol. The van der Waals surface area contributed by atoms with Gasteiger partial charge < -0.3 is 0 Å². The highest BCUT2D eigenvalue weighted by Crippen LogP contribution is 2.00. The molecule has 3 nitrogen and oxygen atoms in total. The molecule has 3 heteroatoms. The van der Waals surface area contributed by atoms with E-state index < -0.39 is 0 Å². The van der Waals surface area contributed by atoms with Gasteiger partial charge in [-0.15, -0.1) is 5.43 Å². The van der Waals surface area contributed by atoms with E-state index in [0.29, 0.717) is 6.04 Å². The van der Waals surface area contributed by atoms with Crippen LogP contribution in [-0.2, 0) is 0 Å². The second kappa shape index (κ2) is 4.70. The molecule has 1 heterocycles. The van der Waals surface area contributed by atoms with Crippen LogP contribution in [-0.4, -0.2) is 24.2 Å². The minimum absolute atomic E-state index is 0.608. The van der Waals surface area contributed by atoms with Gasteiger partial charge in [-0.1, -0.05) is 13.8 Å². The standard InChI is InChI=1S/C8H18N3/c1-3-8(4-2)10-11-7-5-6-9-11/h8,10H,3-7H2,1-2H3. The van der Waals surface area contributed by atoms with Gasteiger partial charge in [0.05, 0.1) is 0 Å². The SMILES string of the molecule is CCC(CC)NN1CCC[N]1. The number of nitrogens with one attached hydrogen (secondary N) is 1. The number of nitrogens with zero attached hydrogens (tertiary/aromatic N) is 2. The first kappa shape index (κ1) is 8.97. The molecule has 65 valence electrons. The molecule has 1 saturated heterocycles. The third-order valence-electron chi connectivity index (χ3n) is 2.12. The minimum Gasteiger partial charge on any atom is -0.237 e. The van der Waals surface area contributed by atoms with Crippen LogP contribution < -0.4 is 10.9 Å². The summed E-state index contributed by atoms with van der Waals surface area (Å²) in [5.74, 6) is 0. The third-order valence-corrected chi connectivity index (χ3v) is 2.12. The highest BCUT2D eigenvalue weighted by Gasteiger charge is 2.14. The molecule has 1 fully saturated rings. The van der Waals surface area contributed by atoms with E-state index in [0.717, 1.165) is 13.1 Å². The predicted octanol–water partition coefficient (Wildman–Crippen LogP) is 0.905. The maximum atomic E-state index is 4.29. The molecule has 1 radical (unpaired) electrons. The van der Waals surface area contributed by atoms with E-state index >= 15 is 0 Å². The van der Waals surface area contributed by atoms with Gasteiger partial charge in [0.1, 0.15) is 0 Å². The molecule has 0 saturated carbocycles. The lowest BCUT2D eigenvalue weighted by Gasteiger charge is -2.21. The molecular formula is C8H18N3. The van der Waals surface area contributed by atoms with E-state index in [-0.39, 0.29) is 0 Å². The Balaban J connectivity index is 2.16. The first-order valence-electron chi connectivity index (χ1n) is 4.58. The van der Waals surface area contributed by atoms with Gasteiger partial charge in [-0.3, -0.25) is 0 Å². The number of hydrogen-bond donors (Lipinski definition) is 1. The monoisotopic (exact) mass is 156 g/mol. The quantitative estimate of drug-likeness (QED) is 0.655. The minimum atomic E-state index is 0.608. The number of hydrazine groups is 1. The van der Waals surface area contributed by atoms with Crippen LogP contribution in [0.25, 0.3) is 0 Å². The van der Waals surface area contributed by atoms with Crippen molar-refractivity contribution in [3.8, 4) is 0 Å². The Hall–Kier alpha value is -0.120. The van der Waals surface area contributed by atoms with Gasteiger partial charge in [-0.2, -0.15) is 5.12 Å². The lowest BCUT2D eigenvalue weighted by Crippen LogP contribution is -2.45. The van der Waals surface area contributed by atoms with Crippen LogP contribution in [0.2, 0.25) is 0 Å². The smallest absolute Gasteiger partial charge is 0.0334 e. The van der Waals surface area contributed by atoms with Crippen molar-refractivity contribution in [2.24, 2.45) is 0 Å². The number of rotatable bonds is 4. The molecule has 11 heavy (non-hydrogen) atoms. The average molecular weight is 156 g/mol. The van der Waals surface area contributed by atoms with Crippen LogP contribution in [0.3, 0.4) is 0 Å². The molecule has 0 spiro atoms. The zero-order valence-electron chi connectivity index (χ0n) is 7.51. The fraction of sp³-hybridized carbons (Fsp3) is 1.00. The van der Waals surface area contributed by atoms with Crippen molar-refractivity contribution in [2.75, 3.05) is 13.1 Å². The van der Waals surface area contributed by atoms with E-state index in [1.54, 1.807) is 0 Å². The zero-order chi connectivity index (χ0) is 8.10. The molecule has 0 unspecified atom stereocenters. The largest absolute Gasteiger partial charge is 0.237 e. The van der Waals surface area contributed by atoms with Crippen LogP contribution >= 0.6 is 0 Å². The fourth-order valence-electron chi connectivity index (χ4n) is 1.27. The van der Waals surface area contributed by atoms with Gasteiger partial charge in [-0.05, 0) is 19.3 Å². The average Bonchev–Trinajstić information content (AvgIpc) is 2.52. The summed E-state index contributed by atoms with van der Waals surface area (Å²) in [6, 6.07) is 0.608. The van der Waals surface area contributed by atoms with Crippen molar-refractivity contribution < 1.29 is 0 Å². The van der Waals surface area contributed by atoms with Crippen LogP contribution in [0.1, 0.15) is 33.1 Å². The zero-order valence-corrected chi connectivity index (χ0v) is 7.51. The van der Waals surface area contributed by atoms with Gasteiger partial charge in [-0.25, -0.2) is 5.43 Å². The maximum absolute atomic E-state index is 4.29. The topological polar surface area (TPSA) is 29.4 Å². The third kappa shape index (κ3) is 2.77. The Morgan fingerprint density at radius 2 is 2.18 bits per heavy atom. The van der Waals surface area contributed by atoms with E-state index in [2.05, 4.69) is 24.7 Å². The van der Waals surface area contributed by atoms with Crippen molar-refractivity contribution in [3.05, 3.63) is 0 Å². The van der Waals surface area contributed by atoms with Gasteiger partial charge in [0, 0.05) is 19.1 Å². The fourth-order valence-corrected chi connectivity index (χ4v) is 1.27. The normalized spacial score (nSPS) is 19.9. The number of hydrogen-bond acceptors (Lipinski definition) is 2. The van der Waals surface area contributed by atoms with Gasteiger partial charge >= 0.3 is 0 Å². The molecular weight excluding hydrogens is 138 g/mol. The van der Waals surface area contributed by atoms with Crippen molar-refractivity contribution in [1.82, 2.24) is 16.0 Å². The lowest BCUT2D eigenvalue weighted by atomic mass is 10.2. The summed E-state index contributed by atoms with van der Waals surface area (Å²) in [5.41, 5.74) is 7.68. The molecule has 0 aromatic rings. The molecule has 0 aromatic heterocycles. The summed E-state index contributed by atoms with van der Waals surface area (Å²) in [6.07, 6.45) is 3.57. The van der Waals surface area contributed by atoms with Gasteiger partial charge in [0.2, 0.25) is 0 Å². The van der Waals surface area contributed by atoms with Crippen LogP contribution in [0.5, 0.6) is 0 Å². The molecule has 1 rings (SSSR count). The lowest BCUT2D eigenvalue weighted by molar-refractivity contribution is 0.126. The van der Waals surface area contributed by atoms with Crippen molar-refractivity contribution in [3.63, 3.8) is 0 Å². The van der Waals surface area contributed by atoms with Crippen molar-refractivity contribution in [2.45, 2.75) is 39.2 Å². The molecule has 1 aliphatic rings. The van der Waals surface area contributed by atoms with E-state index in [1.165, 1.54) is 19.3 Å². The summed E-state index contributed by atoms with van der Waals surface area (Å²) >= 11 is 0. The van der Waals surface area contributed by atoms with Crippen LogP contribution in [0.15, 0.2) is 0 Å². The second-order valence-corrected chi connectivity index (χ2v) is 2.98. The van der Waals surface area contributed by atoms with Crippen LogP contribution in [0.4, 0.5) is 0 Å². The Bertz CT molecular complexity index is 95.5. The van der Waals surface area contributed by atoms with Crippen molar-refractivity contribution >= 4 is 0 Å².